The van der Waals surface area contributed by atoms with E-state index in [0.29, 0.717) is 5.82 Å². The van der Waals surface area contributed by atoms with Gasteiger partial charge in [0.25, 0.3) is 5.91 Å². The lowest BCUT2D eigenvalue weighted by Crippen LogP contribution is -2.16. The molecule has 2 N–H and O–H groups in total. The fourth-order valence-corrected chi connectivity index (χ4v) is 2.64. The van der Waals surface area contributed by atoms with Gasteiger partial charge in [-0.25, -0.2) is 9.97 Å². The molecule has 0 saturated carbocycles. The summed E-state index contributed by atoms with van der Waals surface area (Å²) in [5, 5.41) is 6.18. The first kappa shape index (κ1) is 17.6. The number of benzene rings is 2. The van der Waals surface area contributed by atoms with Gasteiger partial charge in [-0.15, -0.1) is 0 Å². The number of amides is 1. The Kier molecular flexibility index (Phi) is 5.27. The van der Waals surface area contributed by atoms with E-state index >= 15 is 0 Å². The van der Waals surface area contributed by atoms with Crippen LogP contribution in [0.1, 0.15) is 40.1 Å². The Balaban J connectivity index is 1.67. The smallest absolute Gasteiger partial charge is 0.275 e. The second kappa shape index (κ2) is 7.78. The maximum atomic E-state index is 12.4. The van der Waals surface area contributed by atoms with Crippen LogP contribution in [-0.4, -0.2) is 15.9 Å². The zero-order valence-corrected chi connectivity index (χ0v) is 15.2. The quantitative estimate of drug-likeness (QED) is 0.713. The Bertz CT molecular complexity index is 892. The highest BCUT2D eigenvalue weighted by Gasteiger charge is 2.11. The third-order valence-corrected chi connectivity index (χ3v) is 4.40. The molecule has 132 valence electrons. The van der Waals surface area contributed by atoms with Gasteiger partial charge in [0.1, 0.15) is 11.5 Å². The lowest BCUT2D eigenvalue weighted by molar-refractivity contribution is 0.102. The van der Waals surface area contributed by atoms with Gasteiger partial charge >= 0.3 is 0 Å². The van der Waals surface area contributed by atoms with Gasteiger partial charge in [-0.3, -0.25) is 4.79 Å². The highest BCUT2D eigenvalue weighted by molar-refractivity contribution is 6.03. The highest BCUT2D eigenvalue weighted by Crippen LogP contribution is 2.19. The molecule has 0 aliphatic carbocycles. The van der Waals surface area contributed by atoms with Crippen molar-refractivity contribution in [3.05, 3.63) is 83.3 Å². The molecule has 1 amide bonds. The number of anilines is 2. The number of hydrogen-bond acceptors (Lipinski definition) is 4. The van der Waals surface area contributed by atoms with Gasteiger partial charge in [0.2, 0.25) is 0 Å². The molecule has 0 aliphatic rings. The van der Waals surface area contributed by atoms with Crippen LogP contribution in [0.25, 0.3) is 0 Å². The van der Waals surface area contributed by atoms with E-state index in [9.17, 15) is 4.79 Å². The molecule has 0 bridgehead atoms. The first-order valence-corrected chi connectivity index (χ1v) is 8.55. The number of rotatable bonds is 5. The van der Waals surface area contributed by atoms with E-state index in [2.05, 4.69) is 39.7 Å². The first-order valence-electron chi connectivity index (χ1n) is 8.55. The molecule has 5 nitrogen and oxygen atoms in total. The molecule has 1 atom stereocenters. The largest absolute Gasteiger partial charge is 0.362 e. The number of aryl methyl sites for hydroxylation is 1. The van der Waals surface area contributed by atoms with Gasteiger partial charge in [-0.05, 0) is 43.5 Å². The minimum Gasteiger partial charge on any atom is -0.362 e. The molecule has 3 rings (SSSR count). The van der Waals surface area contributed by atoms with E-state index in [1.165, 1.54) is 6.20 Å². The van der Waals surface area contributed by atoms with Crippen molar-refractivity contribution < 1.29 is 4.79 Å². The summed E-state index contributed by atoms with van der Waals surface area (Å²) in [5.41, 5.74) is 4.40. The van der Waals surface area contributed by atoms with Crippen molar-refractivity contribution in [2.45, 2.75) is 26.8 Å². The van der Waals surface area contributed by atoms with Crippen LogP contribution in [0.5, 0.6) is 0 Å². The minimum atomic E-state index is -0.270. The Morgan fingerprint density at radius 3 is 2.42 bits per heavy atom. The SMILES string of the molecule is Cc1cccc(NC(=O)c2cnc(NC(C)c3ccccc3)cn2)c1C. The van der Waals surface area contributed by atoms with Gasteiger partial charge in [0.05, 0.1) is 12.4 Å². The van der Waals surface area contributed by atoms with Gasteiger partial charge in [0.15, 0.2) is 0 Å². The Morgan fingerprint density at radius 2 is 1.73 bits per heavy atom. The van der Waals surface area contributed by atoms with E-state index in [1.54, 1.807) is 6.20 Å². The normalized spacial score (nSPS) is 11.7. The van der Waals surface area contributed by atoms with Crippen LogP contribution in [0, 0.1) is 13.8 Å². The third-order valence-electron chi connectivity index (χ3n) is 4.40. The molecule has 0 radical (unpaired) electrons. The number of carbonyl (C=O) groups excluding carboxylic acids is 1. The molecular weight excluding hydrogens is 324 g/mol. The van der Waals surface area contributed by atoms with Crippen molar-refractivity contribution in [3.63, 3.8) is 0 Å². The third kappa shape index (κ3) is 4.06. The molecule has 0 spiro atoms. The van der Waals surface area contributed by atoms with Gasteiger partial charge in [-0.1, -0.05) is 42.5 Å². The van der Waals surface area contributed by atoms with Crippen molar-refractivity contribution >= 4 is 17.4 Å². The van der Waals surface area contributed by atoms with Crippen molar-refractivity contribution in [1.82, 2.24) is 9.97 Å². The summed E-state index contributed by atoms with van der Waals surface area (Å²) in [6.07, 6.45) is 3.07. The van der Waals surface area contributed by atoms with Crippen molar-refractivity contribution in [2.75, 3.05) is 10.6 Å². The maximum Gasteiger partial charge on any atom is 0.275 e. The van der Waals surface area contributed by atoms with Crippen LogP contribution in [0.15, 0.2) is 60.9 Å². The summed E-state index contributed by atoms with van der Waals surface area (Å²) in [5.74, 6) is 0.360. The summed E-state index contributed by atoms with van der Waals surface area (Å²) in [6.45, 7) is 6.05. The predicted octanol–water partition coefficient (Wildman–Crippen LogP) is 4.52. The average Bonchev–Trinajstić information content (AvgIpc) is 2.66. The number of nitrogens with zero attached hydrogens (tertiary/aromatic N) is 2. The van der Waals surface area contributed by atoms with E-state index in [4.69, 9.17) is 0 Å². The molecule has 26 heavy (non-hydrogen) atoms. The summed E-state index contributed by atoms with van der Waals surface area (Å²) in [7, 11) is 0. The molecule has 5 heteroatoms. The van der Waals surface area contributed by atoms with Gasteiger partial charge in [0, 0.05) is 11.7 Å². The Morgan fingerprint density at radius 1 is 0.962 bits per heavy atom. The first-order chi connectivity index (χ1) is 12.5. The molecule has 3 aromatic rings. The summed E-state index contributed by atoms with van der Waals surface area (Å²) < 4.78 is 0. The standard InChI is InChI=1S/C21H22N4O/c1-14-8-7-11-18(15(14)2)25-21(26)19-12-23-20(13-22-19)24-16(3)17-9-5-4-6-10-17/h4-13,16H,1-3H3,(H,23,24)(H,25,26). The number of aromatic nitrogens is 2. The zero-order valence-electron chi connectivity index (χ0n) is 15.2. The van der Waals surface area contributed by atoms with E-state index in [-0.39, 0.29) is 17.6 Å². The fourth-order valence-electron chi connectivity index (χ4n) is 2.64. The molecule has 0 saturated heterocycles. The van der Waals surface area contributed by atoms with Crippen molar-refractivity contribution in [2.24, 2.45) is 0 Å². The van der Waals surface area contributed by atoms with E-state index < -0.39 is 0 Å². The Labute approximate surface area is 153 Å². The van der Waals surface area contributed by atoms with Gasteiger partial charge < -0.3 is 10.6 Å². The predicted molar refractivity (Wildman–Crippen MR) is 104 cm³/mol. The number of hydrogen-bond donors (Lipinski definition) is 2. The second-order valence-corrected chi connectivity index (χ2v) is 6.27. The summed E-state index contributed by atoms with van der Waals surface area (Å²) in [4.78, 5) is 20.9. The zero-order chi connectivity index (χ0) is 18.5. The lowest BCUT2D eigenvalue weighted by atomic mass is 10.1. The number of nitrogens with one attached hydrogen (secondary N) is 2. The van der Waals surface area contributed by atoms with Crippen LogP contribution < -0.4 is 10.6 Å². The number of carbonyl (C=O) groups is 1. The van der Waals surface area contributed by atoms with E-state index in [1.807, 2.05) is 50.2 Å². The van der Waals surface area contributed by atoms with Crippen LogP contribution >= 0.6 is 0 Å². The molecule has 0 aliphatic heterocycles. The molecule has 1 heterocycles. The summed E-state index contributed by atoms with van der Waals surface area (Å²) in [6, 6.07) is 16.0. The fraction of sp³-hybridized carbons (Fsp3) is 0.190. The topological polar surface area (TPSA) is 66.9 Å². The molecule has 1 aromatic heterocycles. The average molecular weight is 346 g/mol. The van der Waals surface area contributed by atoms with Gasteiger partial charge in [-0.2, -0.15) is 0 Å². The van der Waals surface area contributed by atoms with Crippen molar-refractivity contribution in [1.29, 1.82) is 0 Å². The monoisotopic (exact) mass is 346 g/mol. The summed E-state index contributed by atoms with van der Waals surface area (Å²) >= 11 is 0. The minimum absolute atomic E-state index is 0.0973. The van der Waals surface area contributed by atoms with Crippen LogP contribution in [0.2, 0.25) is 0 Å². The van der Waals surface area contributed by atoms with Crippen LogP contribution in [0.3, 0.4) is 0 Å². The molecule has 0 fully saturated rings. The second-order valence-electron chi connectivity index (χ2n) is 6.27. The van der Waals surface area contributed by atoms with E-state index in [0.717, 1.165) is 22.4 Å². The van der Waals surface area contributed by atoms with Crippen molar-refractivity contribution in [3.8, 4) is 0 Å². The van der Waals surface area contributed by atoms with Crippen LogP contribution in [0.4, 0.5) is 11.5 Å². The molecule has 1 unspecified atom stereocenters. The Hall–Kier alpha value is -3.21. The maximum absolute atomic E-state index is 12.4. The lowest BCUT2D eigenvalue weighted by Gasteiger charge is -2.14. The molecule has 2 aromatic carbocycles. The van der Waals surface area contributed by atoms with Crippen LogP contribution in [-0.2, 0) is 0 Å². The molecular formula is C21H22N4O. The highest BCUT2D eigenvalue weighted by atomic mass is 16.1.